The minimum atomic E-state index is -0.835. The van der Waals surface area contributed by atoms with Crippen molar-refractivity contribution in [3.8, 4) is 11.6 Å². The summed E-state index contributed by atoms with van der Waals surface area (Å²) < 4.78 is 13.1. The molecule has 3 aliphatic rings. The van der Waals surface area contributed by atoms with E-state index in [4.69, 9.17) is 9.47 Å². The maximum absolute atomic E-state index is 13.8. The first kappa shape index (κ1) is 31.8. The van der Waals surface area contributed by atoms with E-state index in [0.29, 0.717) is 30.3 Å². The number of methoxy groups -OCH3 is 1. The summed E-state index contributed by atoms with van der Waals surface area (Å²) in [6.45, 7) is 4.37. The Morgan fingerprint density at radius 3 is 2.71 bits per heavy atom. The predicted molar refractivity (Wildman–Crippen MR) is 180 cm³/mol. The molecule has 3 aromatic rings. The van der Waals surface area contributed by atoms with Crippen molar-refractivity contribution >= 4 is 27.7 Å². The lowest BCUT2D eigenvalue weighted by atomic mass is 9.85. The zero-order chi connectivity index (χ0) is 31.4. The van der Waals surface area contributed by atoms with E-state index in [0.717, 1.165) is 65.9 Å². The maximum atomic E-state index is 13.8. The van der Waals surface area contributed by atoms with Crippen LogP contribution in [0, 0.1) is 5.92 Å². The molecule has 1 amide bonds. The van der Waals surface area contributed by atoms with Crippen molar-refractivity contribution in [1.29, 1.82) is 0 Å². The number of hydrogen-bond acceptors (Lipinski definition) is 7. The highest BCUT2D eigenvalue weighted by Gasteiger charge is 2.43. The molecule has 6 rings (SSSR count). The lowest BCUT2D eigenvalue weighted by molar-refractivity contribution is 0.0326. The molecule has 0 radical (unpaired) electrons. The molecular formula is C36H45BrN4O4. The van der Waals surface area contributed by atoms with E-state index in [1.165, 1.54) is 19.3 Å². The van der Waals surface area contributed by atoms with Crippen LogP contribution in [0.5, 0.6) is 11.6 Å². The monoisotopic (exact) mass is 676 g/mol. The molecule has 0 bridgehead atoms. The highest BCUT2D eigenvalue weighted by molar-refractivity contribution is 9.10. The molecule has 1 saturated heterocycles. The molecule has 4 atom stereocenters. The summed E-state index contributed by atoms with van der Waals surface area (Å²) in [7, 11) is 1.57. The zero-order valence-electron chi connectivity index (χ0n) is 26.3. The molecule has 45 heavy (non-hydrogen) atoms. The number of amides is 1. The minimum absolute atomic E-state index is 0.0334. The second-order valence-corrected chi connectivity index (χ2v) is 14.0. The van der Waals surface area contributed by atoms with Crippen LogP contribution in [-0.2, 0) is 6.42 Å². The van der Waals surface area contributed by atoms with Gasteiger partial charge in [-0.05, 0) is 80.7 Å². The third-order valence-corrected chi connectivity index (χ3v) is 10.2. The summed E-state index contributed by atoms with van der Waals surface area (Å²) >= 11 is 3.63. The molecule has 8 nitrogen and oxygen atoms in total. The van der Waals surface area contributed by atoms with Gasteiger partial charge in [0, 0.05) is 53.8 Å². The third-order valence-electron chi connectivity index (χ3n) is 9.66. The molecule has 9 heteroatoms. The number of fused-ring (bicyclic) bond motifs is 1. The fourth-order valence-corrected chi connectivity index (χ4v) is 7.62. The Balaban J connectivity index is 1.21. The second kappa shape index (κ2) is 14.1. The number of nitrogens with one attached hydrogen (secondary N) is 2. The van der Waals surface area contributed by atoms with Crippen LogP contribution in [0.3, 0.4) is 0 Å². The van der Waals surface area contributed by atoms with Crippen LogP contribution >= 0.6 is 15.9 Å². The number of piperidine rings is 1. The van der Waals surface area contributed by atoms with Gasteiger partial charge in [0.2, 0.25) is 5.88 Å². The highest BCUT2D eigenvalue weighted by Crippen LogP contribution is 2.47. The van der Waals surface area contributed by atoms with Crippen molar-refractivity contribution in [1.82, 2.24) is 15.6 Å². The van der Waals surface area contributed by atoms with Gasteiger partial charge in [-0.15, -0.1) is 0 Å². The Morgan fingerprint density at radius 1 is 1.16 bits per heavy atom. The second-order valence-electron chi connectivity index (χ2n) is 13.1. The fraction of sp³-hybridized carbons (Fsp3) is 0.500. The molecule has 1 aromatic heterocycles. The first-order valence-corrected chi connectivity index (χ1v) is 17.2. The van der Waals surface area contributed by atoms with E-state index in [1.807, 2.05) is 48.5 Å². The van der Waals surface area contributed by atoms with Gasteiger partial charge in [-0.2, -0.15) is 4.98 Å². The van der Waals surface area contributed by atoms with Crippen LogP contribution in [0.2, 0.25) is 0 Å². The van der Waals surface area contributed by atoms with E-state index in [1.54, 1.807) is 13.2 Å². The molecule has 1 spiro atoms. The van der Waals surface area contributed by atoms with Crippen molar-refractivity contribution < 1.29 is 19.4 Å². The van der Waals surface area contributed by atoms with Crippen LogP contribution in [-0.4, -0.2) is 60.5 Å². The average Bonchev–Trinajstić information content (AvgIpc) is 3.50. The topological polar surface area (TPSA) is 96.0 Å². The molecule has 1 saturated carbocycles. The Hall–Kier alpha value is -3.14. The van der Waals surface area contributed by atoms with Crippen LogP contribution in [0.1, 0.15) is 79.4 Å². The van der Waals surface area contributed by atoms with Crippen LogP contribution in [0.4, 0.5) is 5.82 Å². The molecule has 3 heterocycles. The van der Waals surface area contributed by atoms with Crippen LogP contribution < -0.4 is 25.0 Å². The van der Waals surface area contributed by atoms with Crippen molar-refractivity contribution in [2.24, 2.45) is 5.92 Å². The van der Waals surface area contributed by atoms with E-state index in [2.05, 4.69) is 49.4 Å². The number of rotatable bonds is 10. The van der Waals surface area contributed by atoms with E-state index in [9.17, 15) is 9.90 Å². The maximum Gasteiger partial charge on any atom is 0.251 e. The summed E-state index contributed by atoms with van der Waals surface area (Å²) in [5.74, 6) is 2.38. The first-order valence-electron chi connectivity index (χ1n) is 16.4. The predicted octanol–water partition coefficient (Wildman–Crippen LogP) is 6.22. The molecule has 3 N–H and O–H groups in total. The standard InChI is InChI=1S/C36H45BrN4O4/c1-24-9-8-16-41(23-24)33-18-26(19-34(40-33)44-2)35(43)39-29(17-25-10-4-3-5-11-25)31(42)22-38-30-21-36(14-6-7-15-36)45-32-13-12-27(37)20-28(30)32/h3-5,10-13,18-20,24,29-31,38,42H,6-9,14-17,21-23H2,1-2H3,(H,39,43)/t24-,29+,30+,31+/m1/s1. The number of halogens is 1. The number of benzene rings is 2. The Kier molecular flexibility index (Phi) is 9.97. The van der Waals surface area contributed by atoms with E-state index >= 15 is 0 Å². The van der Waals surface area contributed by atoms with Gasteiger partial charge in [0.05, 0.1) is 19.3 Å². The van der Waals surface area contributed by atoms with Gasteiger partial charge in [0.15, 0.2) is 0 Å². The number of nitrogens with zero attached hydrogens (tertiary/aromatic N) is 2. The normalized spacial score (nSPS) is 21.9. The van der Waals surface area contributed by atoms with Gasteiger partial charge >= 0.3 is 0 Å². The van der Waals surface area contributed by atoms with Crippen LogP contribution in [0.15, 0.2) is 65.1 Å². The number of hydrogen-bond donors (Lipinski definition) is 3. The molecule has 2 fully saturated rings. The van der Waals surface area contributed by atoms with Crippen molar-refractivity contribution in [2.75, 3.05) is 31.6 Å². The highest BCUT2D eigenvalue weighted by atomic mass is 79.9. The van der Waals surface area contributed by atoms with Gasteiger partial charge in [-0.25, -0.2) is 0 Å². The third kappa shape index (κ3) is 7.64. The Bertz CT molecular complexity index is 1460. The average molecular weight is 678 g/mol. The lowest BCUT2D eigenvalue weighted by Crippen LogP contribution is -2.50. The number of aromatic nitrogens is 1. The largest absolute Gasteiger partial charge is 0.487 e. The smallest absolute Gasteiger partial charge is 0.251 e. The number of anilines is 1. The number of carbonyl (C=O) groups is 1. The summed E-state index contributed by atoms with van der Waals surface area (Å²) in [6, 6.07) is 19.2. The van der Waals surface area contributed by atoms with E-state index < -0.39 is 12.1 Å². The van der Waals surface area contributed by atoms with Crippen LogP contribution in [0.25, 0.3) is 0 Å². The van der Waals surface area contributed by atoms with Gasteiger partial charge in [-0.3, -0.25) is 4.79 Å². The molecular weight excluding hydrogens is 632 g/mol. The molecule has 2 aromatic carbocycles. The zero-order valence-corrected chi connectivity index (χ0v) is 27.9. The van der Waals surface area contributed by atoms with Gasteiger partial charge < -0.3 is 30.1 Å². The quantitative estimate of drug-likeness (QED) is 0.235. The minimum Gasteiger partial charge on any atom is -0.487 e. The van der Waals surface area contributed by atoms with Crippen molar-refractivity contribution in [2.45, 2.75) is 82.1 Å². The summed E-state index contributed by atoms with van der Waals surface area (Å²) in [6.07, 6.45) is 7.23. The SMILES string of the molecule is COc1cc(C(=O)N[C@@H](Cc2ccccc2)[C@@H](O)CN[C@H]2CC3(CCCC3)Oc3ccc(Br)cc32)cc(N2CCC[C@@H](C)C2)n1. The number of aliphatic hydroxyl groups excluding tert-OH is 1. The molecule has 2 aliphatic heterocycles. The lowest BCUT2D eigenvalue weighted by Gasteiger charge is -2.41. The molecule has 240 valence electrons. The Labute approximate surface area is 275 Å². The number of ether oxygens (including phenoxy) is 2. The molecule has 0 unspecified atom stereocenters. The first-order chi connectivity index (χ1) is 21.8. The van der Waals surface area contributed by atoms with Crippen molar-refractivity contribution in [3.05, 3.63) is 81.8 Å². The number of carbonyl (C=O) groups excluding carboxylic acids is 1. The van der Waals surface area contributed by atoms with Gasteiger partial charge in [0.25, 0.3) is 5.91 Å². The summed E-state index contributed by atoms with van der Waals surface area (Å²) in [5.41, 5.74) is 2.45. The Morgan fingerprint density at radius 2 is 1.96 bits per heavy atom. The fourth-order valence-electron chi connectivity index (χ4n) is 7.24. The summed E-state index contributed by atoms with van der Waals surface area (Å²) in [5, 5.41) is 18.5. The number of pyridine rings is 1. The number of aliphatic hydroxyl groups is 1. The van der Waals surface area contributed by atoms with Gasteiger partial charge in [0.1, 0.15) is 17.2 Å². The molecule has 1 aliphatic carbocycles. The van der Waals surface area contributed by atoms with Crippen molar-refractivity contribution in [3.63, 3.8) is 0 Å². The van der Waals surface area contributed by atoms with Gasteiger partial charge in [-0.1, -0.05) is 53.2 Å². The summed E-state index contributed by atoms with van der Waals surface area (Å²) in [4.78, 5) is 20.7. The van der Waals surface area contributed by atoms with E-state index in [-0.39, 0.29) is 17.6 Å².